The molecule has 3 rings (SSSR count). The largest absolute Gasteiger partial charge is 0.396 e. The van der Waals surface area contributed by atoms with Crippen molar-refractivity contribution < 1.29 is 5.11 Å². The van der Waals surface area contributed by atoms with Gasteiger partial charge in [0, 0.05) is 36.1 Å². The van der Waals surface area contributed by atoms with E-state index in [0.29, 0.717) is 12.6 Å². The smallest absolute Gasteiger partial charge is 0.185 e. The minimum absolute atomic E-state index is 0.117. The van der Waals surface area contributed by atoms with Crippen molar-refractivity contribution in [2.45, 2.75) is 25.3 Å². The highest BCUT2D eigenvalue weighted by Crippen LogP contribution is 2.39. The van der Waals surface area contributed by atoms with Crippen molar-refractivity contribution in [1.82, 2.24) is 10.3 Å². The van der Waals surface area contributed by atoms with Gasteiger partial charge in [0.15, 0.2) is 5.13 Å². The standard InChI is InChI=1S/C12H19N3OS/c16-9-12-2-1-4-13-10(12)8-15(6-3-12)11-14-5-7-17-11/h5,7,10,13,16H,1-4,6,8-9H2/t10-,12-/m1/s1. The fourth-order valence-corrected chi connectivity index (χ4v) is 3.83. The first kappa shape index (κ1) is 11.4. The molecule has 2 aliphatic rings. The lowest BCUT2D eigenvalue weighted by atomic mass is 9.70. The van der Waals surface area contributed by atoms with Gasteiger partial charge in [-0.3, -0.25) is 0 Å². The Hall–Kier alpha value is -0.650. The molecule has 4 nitrogen and oxygen atoms in total. The molecule has 2 N–H and O–H groups in total. The molecule has 1 aromatic rings. The lowest BCUT2D eigenvalue weighted by Gasteiger charge is -2.50. The van der Waals surface area contributed by atoms with E-state index in [2.05, 4.69) is 15.2 Å². The number of rotatable bonds is 2. The van der Waals surface area contributed by atoms with Crippen molar-refractivity contribution in [2.24, 2.45) is 5.41 Å². The Morgan fingerprint density at radius 3 is 3.29 bits per heavy atom. The van der Waals surface area contributed by atoms with Crippen LogP contribution in [0.2, 0.25) is 0 Å². The van der Waals surface area contributed by atoms with E-state index in [1.807, 2.05) is 11.6 Å². The summed E-state index contributed by atoms with van der Waals surface area (Å²) in [5.41, 5.74) is 0.117. The predicted molar refractivity (Wildman–Crippen MR) is 69.5 cm³/mol. The van der Waals surface area contributed by atoms with Crippen LogP contribution >= 0.6 is 11.3 Å². The van der Waals surface area contributed by atoms with E-state index in [-0.39, 0.29) is 5.41 Å². The number of piperidine rings is 2. The van der Waals surface area contributed by atoms with E-state index >= 15 is 0 Å². The van der Waals surface area contributed by atoms with E-state index in [1.165, 1.54) is 6.42 Å². The Bertz CT molecular complexity index is 370. The summed E-state index contributed by atoms with van der Waals surface area (Å²) in [6.07, 6.45) is 5.28. The first-order chi connectivity index (χ1) is 8.34. The van der Waals surface area contributed by atoms with Crippen LogP contribution in [0.25, 0.3) is 0 Å². The second-order valence-electron chi connectivity index (χ2n) is 5.14. The van der Waals surface area contributed by atoms with E-state index < -0.39 is 0 Å². The number of nitrogens with zero attached hydrogens (tertiary/aromatic N) is 2. The highest BCUT2D eigenvalue weighted by molar-refractivity contribution is 7.13. The van der Waals surface area contributed by atoms with Crippen molar-refractivity contribution in [3.63, 3.8) is 0 Å². The molecule has 0 bridgehead atoms. The van der Waals surface area contributed by atoms with Crippen LogP contribution < -0.4 is 10.2 Å². The number of thiazole rings is 1. The third kappa shape index (κ3) is 1.96. The molecule has 0 aromatic carbocycles. The highest BCUT2D eigenvalue weighted by Gasteiger charge is 2.44. The maximum Gasteiger partial charge on any atom is 0.185 e. The van der Waals surface area contributed by atoms with Gasteiger partial charge in [0.2, 0.25) is 0 Å². The number of fused-ring (bicyclic) bond motifs is 1. The van der Waals surface area contributed by atoms with Crippen LogP contribution in [0.5, 0.6) is 0 Å². The number of hydrogen-bond acceptors (Lipinski definition) is 5. The fraction of sp³-hybridized carbons (Fsp3) is 0.750. The number of nitrogens with one attached hydrogen (secondary N) is 1. The molecule has 17 heavy (non-hydrogen) atoms. The average Bonchev–Trinajstić information content (AvgIpc) is 2.92. The molecule has 2 fully saturated rings. The minimum atomic E-state index is 0.117. The van der Waals surface area contributed by atoms with E-state index in [9.17, 15) is 5.11 Å². The zero-order valence-corrected chi connectivity index (χ0v) is 10.7. The van der Waals surface area contributed by atoms with Crippen molar-refractivity contribution >= 4 is 16.5 Å². The SMILES string of the molecule is OC[C@]12CCCN[C@@H]1CN(c1nccs1)CC2. The summed E-state index contributed by atoms with van der Waals surface area (Å²) in [5, 5.41) is 16.4. The quantitative estimate of drug-likeness (QED) is 0.828. The van der Waals surface area contributed by atoms with Crippen LogP contribution in [-0.2, 0) is 0 Å². The van der Waals surface area contributed by atoms with Crippen LogP contribution in [0.3, 0.4) is 0 Å². The molecule has 1 aromatic heterocycles. The second-order valence-corrected chi connectivity index (χ2v) is 6.01. The number of anilines is 1. The maximum absolute atomic E-state index is 9.72. The lowest BCUT2D eigenvalue weighted by molar-refractivity contribution is 0.0339. The Labute approximate surface area is 106 Å². The van der Waals surface area contributed by atoms with Gasteiger partial charge in [-0.1, -0.05) is 0 Å². The fourth-order valence-electron chi connectivity index (χ4n) is 3.15. The molecule has 0 radical (unpaired) electrons. The number of aromatic nitrogens is 1. The molecular weight excluding hydrogens is 234 g/mol. The van der Waals surface area contributed by atoms with Crippen LogP contribution in [0.1, 0.15) is 19.3 Å². The lowest BCUT2D eigenvalue weighted by Crippen LogP contribution is -2.61. The van der Waals surface area contributed by atoms with Gasteiger partial charge in [0.05, 0.1) is 6.61 Å². The maximum atomic E-state index is 9.72. The summed E-state index contributed by atoms with van der Waals surface area (Å²) in [6, 6.07) is 0.416. The van der Waals surface area contributed by atoms with Gasteiger partial charge in [0.1, 0.15) is 0 Å². The van der Waals surface area contributed by atoms with E-state index in [0.717, 1.165) is 37.6 Å². The average molecular weight is 253 g/mol. The Morgan fingerprint density at radius 2 is 2.53 bits per heavy atom. The molecule has 2 atom stereocenters. The van der Waals surface area contributed by atoms with Gasteiger partial charge in [-0.25, -0.2) is 4.98 Å². The molecule has 0 spiro atoms. The molecule has 0 unspecified atom stereocenters. The predicted octanol–water partition coefficient (Wildman–Crippen LogP) is 1.08. The third-order valence-corrected chi connectivity index (χ3v) is 5.10. The second kappa shape index (κ2) is 4.55. The molecule has 0 saturated carbocycles. The van der Waals surface area contributed by atoms with Crippen LogP contribution in [0.15, 0.2) is 11.6 Å². The third-order valence-electron chi connectivity index (χ3n) is 4.27. The van der Waals surface area contributed by atoms with Gasteiger partial charge in [0.25, 0.3) is 0 Å². The number of hydrogen-bond donors (Lipinski definition) is 2. The number of aliphatic hydroxyl groups is 1. The molecule has 5 heteroatoms. The summed E-state index contributed by atoms with van der Waals surface area (Å²) < 4.78 is 0. The minimum Gasteiger partial charge on any atom is -0.396 e. The summed E-state index contributed by atoms with van der Waals surface area (Å²) in [7, 11) is 0. The van der Waals surface area contributed by atoms with Gasteiger partial charge >= 0.3 is 0 Å². The van der Waals surface area contributed by atoms with Gasteiger partial charge in [-0.2, -0.15) is 0 Å². The Kier molecular flexibility index (Phi) is 3.06. The van der Waals surface area contributed by atoms with Crippen molar-refractivity contribution in [3.05, 3.63) is 11.6 Å². The summed E-state index contributed by atoms with van der Waals surface area (Å²) in [5.74, 6) is 0. The molecule has 94 valence electrons. The van der Waals surface area contributed by atoms with Crippen LogP contribution in [0, 0.1) is 5.41 Å². The monoisotopic (exact) mass is 253 g/mol. The first-order valence-electron chi connectivity index (χ1n) is 6.33. The molecular formula is C12H19N3OS. The van der Waals surface area contributed by atoms with Crippen molar-refractivity contribution in [1.29, 1.82) is 0 Å². The first-order valence-corrected chi connectivity index (χ1v) is 7.21. The van der Waals surface area contributed by atoms with Crippen molar-refractivity contribution in [2.75, 3.05) is 31.1 Å². The van der Waals surface area contributed by atoms with Crippen LogP contribution in [-0.4, -0.2) is 42.4 Å². The van der Waals surface area contributed by atoms with Crippen LogP contribution in [0.4, 0.5) is 5.13 Å². The Morgan fingerprint density at radius 1 is 1.59 bits per heavy atom. The normalized spacial score (nSPS) is 33.5. The summed E-state index contributed by atoms with van der Waals surface area (Å²) in [4.78, 5) is 6.73. The van der Waals surface area contributed by atoms with Gasteiger partial charge < -0.3 is 15.3 Å². The molecule has 2 saturated heterocycles. The molecule has 3 heterocycles. The molecule has 0 amide bonds. The topological polar surface area (TPSA) is 48.4 Å². The summed E-state index contributed by atoms with van der Waals surface area (Å²) in [6.45, 7) is 3.40. The molecule has 0 aliphatic carbocycles. The zero-order chi connectivity index (χ0) is 11.7. The highest BCUT2D eigenvalue weighted by atomic mass is 32.1. The van der Waals surface area contributed by atoms with Gasteiger partial charge in [-0.05, 0) is 25.8 Å². The Balaban J connectivity index is 1.76. The van der Waals surface area contributed by atoms with E-state index in [1.54, 1.807) is 11.3 Å². The van der Waals surface area contributed by atoms with Crippen molar-refractivity contribution in [3.8, 4) is 0 Å². The number of aliphatic hydroxyl groups excluding tert-OH is 1. The van der Waals surface area contributed by atoms with Gasteiger partial charge in [-0.15, -0.1) is 11.3 Å². The summed E-state index contributed by atoms with van der Waals surface area (Å²) >= 11 is 1.70. The molecule has 2 aliphatic heterocycles. The van der Waals surface area contributed by atoms with E-state index in [4.69, 9.17) is 0 Å². The zero-order valence-electron chi connectivity index (χ0n) is 9.93.